The summed E-state index contributed by atoms with van der Waals surface area (Å²) in [6.45, 7) is 6.43. The van der Waals surface area contributed by atoms with Crippen molar-refractivity contribution in [3.8, 4) is 0 Å². The van der Waals surface area contributed by atoms with E-state index in [1.165, 1.54) is 29.6 Å². The highest BCUT2D eigenvalue weighted by Crippen LogP contribution is 2.22. The molecule has 5 nitrogen and oxygen atoms in total. The molecule has 1 aliphatic rings. The molecule has 0 amide bonds. The van der Waals surface area contributed by atoms with E-state index < -0.39 is 0 Å². The van der Waals surface area contributed by atoms with Crippen LogP contribution in [0.1, 0.15) is 49.6 Å². The van der Waals surface area contributed by atoms with Crippen LogP contribution in [0.15, 0.2) is 50.8 Å². The third-order valence-electron chi connectivity index (χ3n) is 5.64. The Hall–Kier alpha value is -2.47. The minimum atomic E-state index is -0.136. The first-order valence-corrected chi connectivity index (χ1v) is 11.5. The number of aryl methyl sites for hydroxylation is 2. The smallest absolute Gasteiger partial charge is 0.282 e. The molecule has 0 radical (unpaired) electrons. The summed E-state index contributed by atoms with van der Waals surface area (Å²) < 4.78 is 2.31. The lowest BCUT2D eigenvalue weighted by Crippen LogP contribution is -2.29. The maximum Gasteiger partial charge on any atom is 0.282 e. The van der Waals surface area contributed by atoms with Gasteiger partial charge < -0.3 is 4.90 Å². The first-order valence-electron chi connectivity index (χ1n) is 10.7. The summed E-state index contributed by atoms with van der Waals surface area (Å²) in [7, 11) is 0. The molecule has 0 unspecified atom stereocenters. The van der Waals surface area contributed by atoms with Crippen LogP contribution >= 0.6 is 15.9 Å². The van der Waals surface area contributed by atoms with Crippen molar-refractivity contribution in [2.75, 3.05) is 18.0 Å². The van der Waals surface area contributed by atoms with Crippen molar-refractivity contribution in [1.29, 1.82) is 0 Å². The fraction of sp³-hybridized carbons (Fsp3) is 0.375. The van der Waals surface area contributed by atoms with Crippen molar-refractivity contribution in [1.82, 2.24) is 9.66 Å². The molecule has 0 saturated carbocycles. The topological polar surface area (TPSA) is 50.5 Å². The summed E-state index contributed by atoms with van der Waals surface area (Å²) in [5, 5.41) is 5.13. The first kappa shape index (κ1) is 20.8. The lowest BCUT2D eigenvalue weighted by Gasteiger charge is -2.29. The number of anilines is 1. The third-order valence-corrected chi connectivity index (χ3v) is 6.13. The number of rotatable bonds is 5. The van der Waals surface area contributed by atoms with Crippen LogP contribution in [0.3, 0.4) is 0 Å². The fourth-order valence-corrected chi connectivity index (χ4v) is 4.33. The molecule has 30 heavy (non-hydrogen) atoms. The lowest BCUT2D eigenvalue weighted by molar-refractivity contribution is 0.578. The number of hydrogen-bond donors (Lipinski definition) is 0. The molecule has 0 aliphatic carbocycles. The van der Waals surface area contributed by atoms with Gasteiger partial charge in [0.25, 0.3) is 5.56 Å². The summed E-state index contributed by atoms with van der Waals surface area (Å²) in [5.74, 6) is 0.691. The van der Waals surface area contributed by atoms with Gasteiger partial charge in [0.15, 0.2) is 0 Å². The Morgan fingerprint density at radius 2 is 1.93 bits per heavy atom. The number of hydrogen-bond acceptors (Lipinski definition) is 4. The van der Waals surface area contributed by atoms with E-state index in [2.05, 4.69) is 58.0 Å². The second-order valence-electron chi connectivity index (χ2n) is 7.89. The van der Waals surface area contributed by atoms with E-state index in [1.54, 1.807) is 6.21 Å². The van der Waals surface area contributed by atoms with Crippen LogP contribution in [0.2, 0.25) is 0 Å². The van der Waals surface area contributed by atoms with Gasteiger partial charge in [0.1, 0.15) is 5.82 Å². The van der Waals surface area contributed by atoms with Gasteiger partial charge in [-0.15, -0.1) is 0 Å². The molecule has 1 saturated heterocycles. The van der Waals surface area contributed by atoms with Gasteiger partial charge in [-0.1, -0.05) is 28.9 Å². The summed E-state index contributed by atoms with van der Waals surface area (Å²) in [6.07, 6.45) is 7.22. The molecule has 0 N–H and O–H groups in total. The van der Waals surface area contributed by atoms with E-state index in [9.17, 15) is 4.79 Å². The van der Waals surface area contributed by atoms with Crippen LogP contribution in [0.4, 0.5) is 5.69 Å². The van der Waals surface area contributed by atoms with E-state index in [-0.39, 0.29) is 5.56 Å². The van der Waals surface area contributed by atoms with Crippen LogP contribution in [-0.4, -0.2) is 29.0 Å². The van der Waals surface area contributed by atoms with E-state index in [4.69, 9.17) is 4.98 Å². The summed E-state index contributed by atoms with van der Waals surface area (Å²) >= 11 is 3.45. The highest BCUT2D eigenvalue weighted by Gasteiger charge is 2.13. The first-order chi connectivity index (χ1) is 14.6. The predicted octanol–water partition coefficient (Wildman–Crippen LogP) is 5.29. The molecule has 156 valence electrons. The average Bonchev–Trinajstić information content (AvgIpc) is 2.76. The Kier molecular flexibility index (Phi) is 6.32. The van der Waals surface area contributed by atoms with Gasteiger partial charge in [-0.05, 0) is 74.1 Å². The maximum atomic E-state index is 13.1. The van der Waals surface area contributed by atoms with Crippen molar-refractivity contribution in [3.05, 3.63) is 68.2 Å². The zero-order valence-electron chi connectivity index (χ0n) is 17.6. The highest BCUT2D eigenvalue weighted by atomic mass is 79.9. The molecule has 2 aromatic carbocycles. The molecule has 3 aromatic rings. The van der Waals surface area contributed by atoms with Crippen molar-refractivity contribution < 1.29 is 0 Å². The van der Waals surface area contributed by atoms with Crippen molar-refractivity contribution >= 4 is 38.7 Å². The van der Waals surface area contributed by atoms with E-state index in [1.807, 2.05) is 18.2 Å². The number of nitrogens with zero attached hydrogens (tertiary/aromatic N) is 4. The summed E-state index contributed by atoms with van der Waals surface area (Å²) in [4.78, 5) is 20.3. The minimum Gasteiger partial charge on any atom is -0.372 e. The SMILES string of the molecule is CCCc1nc2ccc(Br)cc2c(=O)n1N=Cc1ccc(N2CCCCC2)cc1C. The van der Waals surface area contributed by atoms with E-state index >= 15 is 0 Å². The monoisotopic (exact) mass is 466 g/mol. The second kappa shape index (κ2) is 9.13. The Morgan fingerprint density at radius 3 is 2.67 bits per heavy atom. The highest BCUT2D eigenvalue weighted by molar-refractivity contribution is 9.10. The maximum absolute atomic E-state index is 13.1. The van der Waals surface area contributed by atoms with Crippen molar-refractivity contribution in [3.63, 3.8) is 0 Å². The van der Waals surface area contributed by atoms with Gasteiger partial charge in [-0.25, -0.2) is 4.98 Å². The molecule has 4 rings (SSSR count). The molecule has 0 bridgehead atoms. The number of fused-ring (bicyclic) bond motifs is 1. The summed E-state index contributed by atoms with van der Waals surface area (Å²) in [5.41, 5.74) is 4.01. The van der Waals surface area contributed by atoms with Crippen LogP contribution in [0, 0.1) is 6.92 Å². The second-order valence-corrected chi connectivity index (χ2v) is 8.81. The van der Waals surface area contributed by atoms with Crippen LogP contribution in [0.25, 0.3) is 10.9 Å². The third kappa shape index (κ3) is 4.33. The minimum absolute atomic E-state index is 0.136. The largest absolute Gasteiger partial charge is 0.372 e. The normalized spacial score (nSPS) is 14.7. The molecular formula is C24H27BrN4O. The van der Waals surface area contributed by atoms with Gasteiger partial charge in [0, 0.05) is 29.7 Å². The van der Waals surface area contributed by atoms with Gasteiger partial charge in [-0.2, -0.15) is 9.78 Å². The number of halogens is 1. The standard InChI is InChI=1S/C24H27BrN4O/c1-3-7-23-27-22-11-9-19(25)15-21(22)24(30)29(23)26-16-18-8-10-20(14-17(18)2)28-12-5-4-6-13-28/h8-11,14-16H,3-7,12-13H2,1-2H3. The molecule has 2 heterocycles. The van der Waals surface area contributed by atoms with E-state index in [0.717, 1.165) is 35.1 Å². The van der Waals surface area contributed by atoms with Gasteiger partial charge in [-0.3, -0.25) is 4.79 Å². The lowest BCUT2D eigenvalue weighted by atomic mass is 10.1. The Balaban J connectivity index is 1.70. The molecule has 6 heteroatoms. The Labute approximate surface area is 185 Å². The number of piperidine rings is 1. The van der Waals surface area contributed by atoms with Crippen LogP contribution in [0.5, 0.6) is 0 Å². The molecule has 1 fully saturated rings. The average molecular weight is 467 g/mol. The number of benzene rings is 2. The fourth-order valence-electron chi connectivity index (χ4n) is 3.97. The Morgan fingerprint density at radius 1 is 1.13 bits per heavy atom. The quantitative estimate of drug-likeness (QED) is 0.479. The predicted molar refractivity (Wildman–Crippen MR) is 128 cm³/mol. The zero-order valence-corrected chi connectivity index (χ0v) is 19.2. The van der Waals surface area contributed by atoms with Crippen molar-refractivity contribution in [2.45, 2.75) is 46.0 Å². The van der Waals surface area contributed by atoms with Gasteiger partial charge in [0.05, 0.1) is 17.1 Å². The molecule has 1 aromatic heterocycles. The van der Waals surface area contributed by atoms with Crippen molar-refractivity contribution in [2.24, 2.45) is 5.10 Å². The van der Waals surface area contributed by atoms with Gasteiger partial charge in [0.2, 0.25) is 0 Å². The zero-order chi connectivity index (χ0) is 21.1. The summed E-state index contributed by atoms with van der Waals surface area (Å²) in [6, 6.07) is 12.1. The van der Waals surface area contributed by atoms with E-state index in [0.29, 0.717) is 23.1 Å². The molecule has 1 aliphatic heterocycles. The van der Waals surface area contributed by atoms with Gasteiger partial charge >= 0.3 is 0 Å². The van der Waals surface area contributed by atoms with Crippen LogP contribution < -0.4 is 10.5 Å². The molecule has 0 spiro atoms. The number of aromatic nitrogens is 2. The molecule has 0 atom stereocenters. The molecular weight excluding hydrogens is 440 g/mol. The van der Waals surface area contributed by atoms with Crippen LogP contribution in [-0.2, 0) is 6.42 Å². The Bertz CT molecular complexity index is 1150.